The van der Waals surface area contributed by atoms with Gasteiger partial charge in [0.05, 0.1) is 6.42 Å². The predicted octanol–water partition coefficient (Wildman–Crippen LogP) is 3.05. The van der Waals surface area contributed by atoms with E-state index in [1.165, 1.54) is 0 Å². The molecule has 0 amide bonds. The Labute approximate surface area is 94.4 Å². The molecule has 0 aromatic carbocycles. The Morgan fingerprint density at radius 1 is 1.06 bits per heavy atom. The zero-order valence-electron chi connectivity index (χ0n) is 9.86. The quantitative estimate of drug-likeness (QED) is 0.742. The molecule has 0 spiro atoms. The summed E-state index contributed by atoms with van der Waals surface area (Å²) in [5.74, 6) is -0.317. The van der Waals surface area contributed by atoms with Gasteiger partial charge in [0.25, 0.3) is 0 Å². The highest BCUT2D eigenvalue weighted by atomic mass is 19.4. The van der Waals surface area contributed by atoms with Crippen LogP contribution in [0.5, 0.6) is 0 Å². The fourth-order valence-electron chi connectivity index (χ4n) is 1.40. The van der Waals surface area contributed by atoms with Gasteiger partial charge < -0.3 is 5.73 Å². The maximum absolute atomic E-state index is 11.8. The van der Waals surface area contributed by atoms with E-state index < -0.39 is 19.0 Å². The van der Waals surface area contributed by atoms with Crippen LogP contribution in [-0.4, -0.2) is 18.5 Å². The number of Topliss-reactive ketones (excluding diaryl/α,β-unsaturated/α-hetero) is 1. The first-order valence-electron chi connectivity index (χ1n) is 5.45. The Morgan fingerprint density at radius 3 is 2.00 bits per heavy atom. The maximum Gasteiger partial charge on any atom is 0.389 e. The minimum atomic E-state index is -4.23. The molecule has 0 fully saturated rings. The molecule has 0 atom stereocenters. The third-order valence-electron chi connectivity index (χ3n) is 2.59. The first kappa shape index (κ1) is 15.4. The normalized spacial score (nSPS) is 12.9. The average Bonchev–Trinajstić information content (AvgIpc) is 2.10. The van der Waals surface area contributed by atoms with Gasteiger partial charge in [-0.15, -0.1) is 0 Å². The van der Waals surface area contributed by atoms with Gasteiger partial charge in [-0.3, -0.25) is 4.79 Å². The summed E-state index contributed by atoms with van der Waals surface area (Å²) < 4.78 is 35.5. The number of ketones is 1. The Hall–Kier alpha value is -0.580. The summed E-state index contributed by atoms with van der Waals surface area (Å²) >= 11 is 0. The van der Waals surface area contributed by atoms with Crippen molar-refractivity contribution < 1.29 is 18.0 Å². The maximum atomic E-state index is 11.8. The average molecular weight is 239 g/mol. The molecule has 5 heteroatoms. The fraction of sp³-hybridized carbons (Fsp3) is 0.909. The molecule has 0 rings (SSSR count). The van der Waals surface area contributed by atoms with Gasteiger partial charge in [-0.1, -0.05) is 13.8 Å². The van der Waals surface area contributed by atoms with Gasteiger partial charge in [0.1, 0.15) is 5.78 Å². The Balaban J connectivity index is 3.81. The molecular formula is C11H20F3NO. The molecule has 0 saturated heterocycles. The number of carbonyl (C=O) groups is 1. The van der Waals surface area contributed by atoms with Crippen molar-refractivity contribution >= 4 is 5.78 Å². The Bertz CT molecular complexity index is 224. The summed E-state index contributed by atoms with van der Waals surface area (Å²) in [5, 5.41) is 0. The first-order valence-corrected chi connectivity index (χ1v) is 5.45. The van der Waals surface area contributed by atoms with E-state index in [4.69, 9.17) is 5.73 Å². The van der Waals surface area contributed by atoms with E-state index in [0.717, 1.165) is 6.42 Å². The van der Waals surface area contributed by atoms with Crippen LogP contribution in [0.3, 0.4) is 0 Å². The summed E-state index contributed by atoms with van der Waals surface area (Å²) in [5.41, 5.74) is 5.34. The number of nitrogens with two attached hydrogens (primary N) is 1. The number of carbonyl (C=O) groups excluding carboxylic acids is 1. The summed E-state index contributed by atoms with van der Waals surface area (Å²) in [7, 11) is 0. The zero-order valence-corrected chi connectivity index (χ0v) is 9.86. The predicted molar refractivity (Wildman–Crippen MR) is 57.0 cm³/mol. The summed E-state index contributed by atoms with van der Waals surface area (Å²) in [4.78, 5) is 11.2. The van der Waals surface area contributed by atoms with Gasteiger partial charge >= 0.3 is 6.18 Å². The lowest BCUT2D eigenvalue weighted by molar-refractivity contribution is -0.143. The summed E-state index contributed by atoms with van der Waals surface area (Å²) in [6.07, 6.45) is -4.06. The largest absolute Gasteiger partial charge is 0.389 e. The molecule has 0 aliphatic heterocycles. The lowest BCUT2D eigenvalue weighted by Crippen LogP contribution is -2.19. The van der Waals surface area contributed by atoms with Crippen molar-refractivity contribution in [1.82, 2.24) is 0 Å². The number of rotatable bonds is 7. The van der Waals surface area contributed by atoms with Crippen molar-refractivity contribution in [1.29, 1.82) is 0 Å². The molecule has 0 aliphatic carbocycles. The molecule has 0 aliphatic rings. The van der Waals surface area contributed by atoms with Crippen LogP contribution < -0.4 is 5.73 Å². The van der Waals surface area contributed by atoms with Gasteiger partial charge in [-0.25, -0.2) is 0 Å². The third kappa shape index (κ3) is 8.71. The molecule has 0 saturated carbocycles. The van der Waals surface area contributed by atoms with Gasteiger partial charge in [-0.2, -0.15) is 13.2 Å². The molecular weight excluding hydrogens is 219 g/mol. The standard InChI is InChI=1S/C11H20F3NO/c1-10(2,7-8-15)5-3-9(16)4-6-11(12,13)14/h3-8,15H2,1-2H3. The molecule has 0 heterocycles. The van der Waals surface area contributed by atoms with E-state index in [2.05, 4.69) is 0 Å². The van der Waals surface area contributed by atoms with Crippen molar-refractivity contribution in [3.05, 3.63) is 0 Å². The molecule has 2 nitrogen and oxygen atoms in total. The summed E-state index contributed by atoms with van der Waals surface area (Å²) in [6.45, 7) is 4.47. The van der Waals surface area contributed by atoms with Crippen molar-refractivity contribution in [2.24, 2.45) is 11.1 Å². The Morgan fingerprint density at radius 2 is 1.56 bits per heavy atom. The second-order valence-corrected chi connectivity index (χ2v) is 4.86. The van der Waals surface area contributed by atoms with E-state index in [0.29, 0.717) is 13.0 Å². The highest BCUT2D eigenvalue weighted by Gasteiger charge is 2.28. The molecule has 96 valence electrons. The number of hydrogen-bond acceptors (Lipinski definition) is 2. The van der Waals surface area contributed by atoms with Crippen molar-refractivity contribution in [2.45, 2.75) is 52.1 Å². The van der Waals surface area contributed by atoms with Crippen LogP contribution in [0.2, 0.25) is 0 Å². The zero-order chi connectivity index (χ0) is 12.8. The minimum absolute atomic E-state index is 0.0668. The molecule has 16 heavy (non-hydrogen) atoms. The van der Waals surface area contributed by atoms with Crippen molar-refractivity contribution in [3.63, 3.8) is 0 Å². The molecule has 0 bridgehead atoms. The molecule has 0 aromatic rings. The van der Waals surface area contributed by atoms with E-state index in [-0.39, 0.29) is 17.6 Å². The SMILES string of the molecule is CC(C)(CCN)CCC(=O)CCC(F)(F)F. The number of alkyl halides is 3. The fourth-order valence-corrected chi connectivity index (χ4v) is 1.40. The Kier molecular flexibility index (Phi) is 6.00. The van der Waals surface area contributed by atoms with Crippen LogP contribution in [0.25, 0.3) is 0 Å². The van der Waals surface area contributed by atoms with Crippen LogP contribution in [0.1, 0.15) is 46.0 Å². The smallest absolute Gasteiger partial charge is 0.330 e. The van der Waals surface area contributed by atoms with Crippen LogP contribution in [0, 0.1) is 5.41 Å². The number of halogens is 3. The van der Waals surface area contributed by atoms with Gasteiger partial charge in [0.2, 0.25) is 0 Å². The van der Waals surface area contributed by atoms with E-state index in [1.807, 2.05) is 13.8 Å². The van der Waals surface area contributed by atoms with E-state index in [9.17, 15) is 18.0 Å². The molecule has 0 unspecified atom stereocenters. The molecule has 0 radical (unpaired) electrons. The third-order valence-corrected chi connectivity index (χ3v) is 2.59. The van der Waals surface area contributed by atoms with Crippen molar-refractivity contribution in [3.8, 4) is 0 Å². The van der Waals surface area contributed by atoms with Gasteiger partial charge in [-0.05, 0) is 24.8 Å². The van der Waals surface area contributed by atoms with Crippen LogP contribution in [-0.2, 0) is 4.79 Å². The van der Waals surface area contributed by atoms with E-state index in [1.54, 1.807) is 0 Å². The second kappa shape index (κ2) is 6.23. The highest BCUT2D eigenvalue weighted by molar-refractivity contribution is 5.78. The van der Waals surface area contributed by atoms with Crippen molar-refractivity contribution in [2.75, 3.05) is 6.54 Å². The van der Waals surface area contributed by atoms with Gasteiger partial charge in [0.15, 0.2) is 0 Å². The summed E-state index contributed by atoms with van der Waals surface area (Å²) in [6, 6.07) is 0. The first-order chi connectivity index (χ1) is 7.16. The van der Waals surface area contributed by atoms with E-state index >= 15 is 0 Å². The number of hydrogen-bond donors (Lipinski definition) is 1. The molecule has 0 aromatic heterocycles. The highest BCUT2D eigenvalue weighted by Crippen LogP contribution is 2.27. The molecule has 2 N–H and O–H groups in total. The monoisotopic (exact) mass is 239 g/mol. The lowest BCUT2D eigenvalue weighted by atomic mass is 9.83. The van der Waals surface area contributed by atoms with Crippen LogP contribution in [0.15, 0.2) is 0 Å². The van der Waals surface area contributed by atoms with Gasteiger partial charge in [0, 0.05) is 12.8 Å². The van der Waals surface area contributed by atoms with Crippen LogP contribution in [0.4, 0.5) is 13.2 Å². The second-order valence-electron chi connectivity index (χ2n) is 4.86. The topological polar surface area (TPSA) is 43.1 Å². The van der Waals surface area contributed by atoms with Crippen LogP contribution >= 0.6 is 0 Å². The lowest BCUT2D eigenvalue weighted by Gasteiger charge is -2.23. The minimum Gasteiger partial charge on any atom is -0.330 e.